The Labute approximate surface area is 160 Å². The number of hydrogen-bond acceptors (Lipinski definition) is 4. The zero-order valence-corrected chi connectivity index (χ0v) is 16.3. The molecule has 1 aliphatic rings. The normalized spacial score (nSPS) is 17.1. The fourth-order valence-corrected chi connectivity index (χ4v) is 4.55. The Morgan fingerprint density at radius 1 is 1.22 bits per heavy atom. The zero-order valence-electron chi connectivity index (χ0n) is 15.5. The molecule has 0 amide bonds. The van der Waals surface area contributed by atoms with Gasteiger partial charge in [-0.15, -0.1) is 0 Å². The lowest BCUT2D eigenvalue weighted by molar-refractivity contribution is 0.445. The molecule has 1 fully saturated rings. The Bertz CT molecular complexity index is 846. The third kappa shape index (κ3) is 5.30. The van der Waals surface area contributed by atoms with Crippen molar-refractivity contribution in [3.05, 3.63) is 48.3 Å². The monoisotopic (exact) mass is 390 g/mol. The summed E-state index contributed by atoms with van der Waals surface area (Å²) in [6.45, 7) is 2.36. The predicted octanol–water partition coefficient (Wildman–Crippen LogP) is 0.615. The van der Waals surface area contributed by atoms with Gasteiger partial charge in [-0.1, -0.05) is 12.1 Å². The Morgan fingerprint density at radius 2 is 2.00 bits per heavy atom. The predicted molar refractivity (Wildman–Crippen MR) is 107 cm³/mol. The van der Waals surface area contributed by atoms with Crippen LogP contribution in [0, 0.1) is 0 Å². The van der Waals surface area contributed by atoms with Crippen LogP contribution in [-0.4, -0.2) is 67.4 Å². The molecule has 1 saturated heterocycles. The number of aliphatic imine (C=N–C) groups is 1. The molecular weight excluding hydrogens is 364 g/mol. The van der Waals surface area contributed by atoms with Crippen molar-refractivity contribution in [2.45, 2.75) is 12.8 Å². The summed E-state index contributed by atoms with van der Waals surface area (Å²) < 4.78 is 26.9. The molecule has 0 spiro atoms. The molecule has 0 unspecified atom stereocenters. The quantitative estimate of drug-likeness (QED) is 0.534. The molecule has 1 aromatic heterocycles. The van der Waals surface area contributed by atoms with E-state index >= 15 is 0 Å². The lowest BCUT2D eigenvalue weighted by Gasteiger charge is -2.16. The van der Waals surface area contributed by atoms with E-state index in [0.717, 1.165) is 18.7 Å². The number of nitrogens with zero attached hydrogens (tertiary/aromatic N) is 4. The maximum Gasteiger partial charge on any atom is 0.214 e. The molecular formula is C18H26N6O2S. The van der Waals surface area contributed by atoms with Gasteiger partial charge in [0.25, 0.3) is 0 Å². The second-order valence-corrected chi connectivity index (χ2v) is 8.45. The van der Waals surface area contributed by atoms with Crippen LogP contribution in [0.4, 0.5) is 0 Å². The van der Waals surface area contributed by atoms with Gasteiger partial charge in [0.1, 0.15) is 0 Å². The Hall–Kier alpha value is -2.39. The van der Waals surface area contributed by atoms with Crippen molar-refractivity contribution in [3.8, 4) is 5.69 Å². The van der Waals surface area contributed by atoms with Crippen LogP contribution in [0.3, 0.4) is 0 Å². The van der Waals surface area contributed by atoms with Crippen LogP contribution >= 0.6 is 0 Å². The van der Waals surface area contributed by atoms with Gasteiger partial charge >= 0.3 is 0 Å². The van der Waals surface area contributed by atoms with E-state index in [9.17, 15) is 8.42 Å². The first-order valence-electron chi connectivity index (χ1n) is 9.10. The van der Waals surface area contributed by atoms with Gasteiger partial charge in [0, 0.05) is 45.6 Å². The first-order valence-corrected chi connectivity index (χ1v) is 10.7. The summed E-state index contributed by atoms with van der Waals surface area (Å²) in [5.41, 5.74) is 2.25. The van der Waals surface area contributed by atoms with Gasteiger partial charge in [0.15, 0.2) is 5.96 Å². The van der Waals surface area contributed by atoms with Crippen molar-refractivity contribution >= 4 is 16.0 Å². The van der Waals surface area contributed by atoms with E-state index in [2.05, 4.69) is 32.9 Å². The van der Waals surface area contributed by atoms with Crippen molar-refractivity contribution < 1.29 is 8.42 Å². The highest BCUT2D eigenvalue weighted by Crippen LogP contribution is 2.11. The van der Waals surface area contributed by atoms with Crippen LogP contribution < -0.4 is 10.6 Å². The van der Waals surface area contributed by atoms with Gasteiger partial charge in [0.05, 0.1) is 11.4 Å². The van der Waals surface area contributed by atoms with Crippen LogP contribution in [0.1, 0.15) is 12.0 Å². The maximum absolute atomic E-state index is 11.8. The largest absolute Gasteiger partial charge is 0.356 e. The highest BCUT2D eigenvalue weighted by atomic mass is 32.2. The molecule has 2 N–H and O–H groups in total. The molecule has 2 heterocycles. The Morgan fingerprint density at radius 3 is 2.63 bits per heavy atom. The number of rotatable bonds is 7. The zero-order chi connectivity index (χ0) is 19.1. The van der Waals surface area contributed by atoms with E-state index in [-0.39, 0.29) is 5.75 Å². The minimum atomic E-state index is -3.04. The molecule has 0 radical (unpaired) electrons. The molecule has 1 aliphatic heterocycles. The summed E-state index contributed by atoms with van der Waals surface area (Å²) in [7, 11) is -1.33. The number of sulfonamides is 1. The van der Waals surface area contributed by atoms with E-state index in [1.54, 1.807) is 13.2 Å². The third-order valence-electron chi connectivity index (χ3n) is 4.49. The van der Waals surface area contributed by atoms with Crippen LogP contribution in [-0.2, 0) is 16.4 Å². The molecule has 3 rings (SSSR count). The lowest BCUT2D eigenvalue weighted by atomic mass is 10.1. The Kier molecular flexibility index (Phi) is 6.46. The van der Waals surface area contributed by atoms with Crippen molar-refractivity contribution in [1.29, 1.82) is 0 Å². The first kappa shape index (κ1) is 19.4. The van der Waals surface area contributed by atoms with Crippen molar-refractivity contribution in [2.24, 2.45) is 4.99 Å². The molecule has 27 heavy (non-hydrogen) atoms. The molecule has 1 aromatic carbocycles. The second kappa shape index (κ2) is 9.01. The molecule has 146 valence electrons. The standard InChI is InChI=1S/C18H26N6O2S/c1-19-18(21-11-14-23-12-3-15-27(23,25)26)20-10-8-16-4-6-17(7-5-16)24-13-2-9-22-24/h2,4-7,9,13H,3,8,10-12,14-15H2,1H3,(H2,19,20,21). The molecule has 0 saturated carbocycles. The van der Waals surface area contributed by atoms with Crippen molar-refractivity contribution in [2.75, 3.05) is 39.0 Å². The summed E-state index contributed by atoms with van der Waals surface area (Å²) in [5.74, 6) is 0.943. The number of hydrogen-bond donors (Lipinski definition) is 2. The van der Waals surface area contributed by atoms with Crippen LogP contribution in [0.25, 0.3) is 5.69 Å². The van der Waals surface area contributed by atoms with Crippen molar-refractivity contribution in [1.82, 2.24) is 24.7 Å². The van der Waals surface area contributed by atoms with Crippen LogP contribution in [0.2, 0.25) is 0 Å². The summed E-state index contributed by atoms with van der Waals surface area (Å²) in [6.07, 6.45) is 5.25. The molecule has 9 heteroatoms. The summed E-state index contributed by atoms with van der Waals surface area (Å²) in [4.78, 5) is 4.18. The number of aromatic nitrogens is 2. The summed E-state index contributed by atoms with van der Waals surface area (Å²) in [5, 5.41) is 10.6. The molecule has 2 aromatic rings. The van der Waals surface area contributed by atoms with E-state index in [1.165, 1.54) is 9.87 Å². The molecule has 8 nitrogen and oxygen atoms in total. The molecule has 0 bridgehead atoms. The fourth-order valence-electron chi connectivity index (χ4n) is 3.02. The van der Waals surface area contributed by atoms with Crippen molar-refractivity contribution in [3.63, 3.8) is 0 Å². The van der Waals surface area contributed by atoms with Gasteiger partial charge in [-0.05, 0) is 36.6 Å². The van der Waals surface area contributed by atoms with Crippen LogP contribution in [0.15, 0.2) is 47.7 Å². The van der Waals surface area contributed by atoms with Gasteiger partial charge in [-0.2, -0.15) is 5.10 Å². The van der Waals surface area contributed by atoms with Gasteiger partial charge in [0.2, 0.25) is 10.0 Å². The second-order valence-electron chi connectivity index (χ2n) is 6.36. The molecule has 0 aliphatic carbocycles. The topological polar surface area (TPSA) is 91.6 Å². The first-order chi connectivity index (χ1) is 13.1. The van der Waals surface area contributed by atoms with Gasteiger partial charge in [-0.3, -0.25) is 4.99 Å². The van der Waals surface area contributed by atoms with E-state index in [0.29, 0.717) is 32.0 Å². The lowest BCUT2D eigenvalue weighted by Crippen LogP contribution is -2.42. The van der Waals surface area contributed by atoms with E-state index in [4.69, 9.17) is 0 Å². The summed E-state index contributed by atoms with van der Waals surface area (Å²) in [6, 6.07) is 10.2. The minimum absolute atomic E-state index is 0.263. The number of nitrogens with one attached hydrogen (secondary N) is 2. The highest BCUT2D eigenvalue weighted by molar-refractivity contribution is 7.89. The minimum Gasteiger partial charge on any atom is -0.356 e. The van der Waals surface area contributed by atoms with Gasteiger partial charge in [-0.25, -0.2) is 17.4 Å². The highest BCUT2D eigenvalue weighted by Gasteiger charge is 2.27. The SMILES string of the molecule is CN=C(NCCc1ccc(-n2cccn2)cc1)NCCN1CCCS1(=O)=O. The number of benzene rings is 1. The Balaban J connectivity index is 1.39. The van der Waals surface area contributed by atoms with Crippen LogP contribution in [0.5, 0.6) is 0 Å². The average molecular weight is 391 g/mol. The smallest absolute Gasteiger partial charge is 0.214 e. The fraction of sp³-hybridized carbons (Fsp3) is 0.444. The maximum atomic E-state index is 11.8. The van der Waals surface area contributed by atoms with E-state index in [1.807, 2.05) is 29.1 Å². The van der Waals surface area contributed by atoms with Gasteiger partial charge < -0.3 is 10.6 Å². The number of guanidine groups is 1. The molecule has 0 atom stereocenters. The van der Waals surface area contributed by atoms with E-state index < -0.39 is 10.0 Å². The summed E-state index contributed by atoms with van der Waals surface area (Å²) >= 11 is 0. The third-order valence-corrected chi connectivity index (χ3v) is 6.45. The average Bonchev–Trinajstić information content (AvgIpc) is 3.31.